The third kappa shape index (κ3) is 5.72. The molecule has 0 aliphatic rings. The number of nitrogens with one attached hydrogen (secondary N) is 2. The largest absolute Gasteiger partial charge is 0.484 e. The lowest BCUT2D eigenvalue weighted by Crippen LogP contribution is -2.31. The minimum atomic E-state index is -0.148. The van der Waals surface area contributed by atoms with Crippen molar-refractivity contribution in [3.63, 3.8) is 0 Å². The van der Waals surface area contributed by atoms with Gasteiger partial charge in [-0.2, -0.15) is 0 Å². The zero-order valence-corrected chi connectivity index (χ0v) is 11.7. The standard InChI is InChI=1S/C14H22N2O3/c1-11(15-2)12-4-6-13(7-5-12)19-10-14(17)16-8-9-18-3/h4-7,11,15H,8-10H2,1-3H3,(H,16,17). The van der Waals surface area contributed by atoms with Crippen LogP contribution in [-0.2, 0) is 9.53 Å². The summed E-state index contributed by atoms with van der Waals surface area (Å²) >= 11 is 0. The van der Waals surface area contributed by atoms with Crippen molar-refractivity contribution < 1.29 is 14.3 Å². The van der Waals surface area contributed by atoms with Crippen LogP contribution in [0.15, 0.2) is 24.3 Å². The molecule has 0 aromatic heterocycles. The monoisotopic (exact) mass is 266 g/mol. The van der Waals surface area contributed by atoms with Crippen LogP contribution in [0.1, 0.15) is 18.5 Å². The summed E-state index contributed by atoms with van der Waals surface area (Å²) in [5, 5.41) is 5.86. The second-order valence-corrected chi connectivity index (χ2v) is 4.21. The first-order chi connectivity index (χ1) is 9.17. The summed E-state index contributed by atoms with van der Waals surface area (Å²) in [6.45, 7) is 3.10. The molecule has 2 N–H and O–H groups in total. The van der Waals surface area contributed by atoms with Gasteiger partial charge in [-0.05, 0) is 31.7 Å². The Labute approximate surface area is 114 Å². The minimum Gasteiger partial charge on any atom is -0.484 e. The fraction of sp³-hybridized carbons (Fsp3) is 0.500. The first kappa shape index (κ1) is 15.5. The van der Waals surface area contributed by atoms with Crippen molar-refractivity contribution in [1.82, 2.24) is 10.6 Å². The van der Waals surface area contributed by atoms with E-state index in [-0.39, 0.29) is 12.5 Å². The number of methoxy groups -OCH3 is 1. The normalized spacial score (nSPS) is 11.9. The third-order valence-corrected chi connectivity index (χ3v) is 2.81. The molecule has 0 saturated heterocycles. The van der Waals surface area contributed by atoms with Gasteiger partial charge in [0.05, 0.1) is 6.61 Å². The molecule has 1 unspecified atom stereocenters. The first-order valence-electron chi connectivity index (χ1n) is 6.33. The Morgan fingerprint density at radius 2 is 2.00 bits per heavy atom. The van der Waals surface area contributed by atoms with E-state index in [0.717, 1.165) is 0 Å². The predicted molar refractivity (Wildman–Crippen MR) is 74.3 cm³/mol. The summed E-state index contributed by atoms with van der Waals surface area (Å²) in [4.78, 5) is 11.4. The van der Waals surface area contributed by atoms with Crippen molar-refractivity contribution in [2.45, 2.75) is 13.0 Å². The maximum Gasteiger partial charge on any atom is 0.258 e. The third-order valence-electron chi connectivity index (χ3n) is 2.81. The highest BCUT2D eigenvalue weighted by Gasteiger charge is 2.04. The number of ether oxygens (including phenoxy) is 2. The Morgan fingerprint density at radius 1 is 1.32 bits per heavy atom. The predicted octanol–water partition coefficient (Wildman–Crippen LogP) is 1.11. The lowest BCUT2D eigenvalue weighted by atomic mass is 10.1. The van der Waals surface area contributed by atoms with Gasteiger partial charge in [0.1, 0.15) is 5.75 Å². The molecule has 0 spiro atoms. The van der Waals surface area contributed by atoms with E-state index >= 15 is 0 Å². The van der Waals surface area contributed by atoms with Gasteiger partial charge in [0.2, 0.25) is 0 Å². The van der Waals surface area contributed by atoms with E-state index in [0.29, 0.717) is 24.9 Å². The molecule has 0 saturated carbocycles. The summed E-state index contributed by atoms with van der Waals surface area (Å²) in [7, 11) is 3.51. The van der Waals surface area contributed by atoms with E-state index in [2.05, 4.69) is 17.6 Å². The van der Waals surface area contributed by atoms with Gasteiger partial charge in [-0.1, -0.05) is 12.1 Å². The van der Waals surface area contributed by atoms with E-state index in [1.165, 1.54) is 5.56 Å². The second kappa shape index (κ2) is 8.50. The fourth-order valence-electron chi connectivity index (χ4n) is 1.51. The molecule has 1 amide bonds. The Bertz CT molecular complexity index is 379. The van der Waals surface area contributed by atoms with Crippen molar-refractivity contribution in [2.24, 2.45) is 0 Å². The Balaban J connectivity index is 2.35. The van der Waals surface area contributed by atoms with Gasteiger partial charge < -0.3 is 20.1 Å². The number of rotatable bonds is 8. The van der Waals surface area contributed by atoms with E-state index in [1.54, 1.807) is 7.11 Å². The van der Waals surface area contributed by atoms with Crippen molar-refractivity contribution >= 4 is 5.91 Å². The number of amides is 1. The molecule has 0 radical (unpaired) electrons. The zero-order valence-electron chi connectivity index (χ0n) is 11.7. The topological polar surface area (TPSA) is 59.6 Å². The quantitative estimate of drug-likeness (QED) is 0.692. The van der Waals surface area contributed by atoms with Gasteiger partial charge in [-0.25, -0.2) is 0 Å². The molecule has 1 atom stereocenters. The molecular weight excluding hydrogens is 244 g/mol. The highest BCUT2D eigenvalue weighted by molar-refractivity contribution is 5.77. The van der Waals surface area contributed by atoms with Crippen molar-refractivity contribution in [2.75, 3.05) is 33.9 Å². The maximum absolute atomic E-state index is 11.4. The van der Waals surface area contributed by atoms with E-state index in [1.807, 2.05) is 31.3 Å². The molecule has 5 nitrogen and oxygen atoms in total. The molecule has 0 aliphatic carbocycles. The Hall–Kier alpha value is -1.59. The minimum absolute atomic E-state index is 0.0185. The summed E-state index contributed by atoms with van der Waals surface area (Å²) in [5.41, 5.74) is 1.18. The van der Waals surface area contributed by atoms with Gasteiger partial charge in [-0.15, -0.1) is 0 Å². The van der Waals surface area contributed by atoms with Crippen molar-refractivity contribution in [1.29, 1.82) is 0 Å². The van der Waals surface area contributed by atoms with E-state index < -0.39 is 0 Å². The molecule has 106 valence electrons. The van der Waals surface area contributed by atoms with Crippen molar-refractivity contribution in [3.8, 4) is 5.75 Å². The molecule has 0 bridgehead atoms. The maximum atomic E-state index is 11.4. The van der Waals surface area contributed by atoms with Crippen LogP contribution in [0.5, 0.6) is 5.75 Å². The average molecular weight is 266 g/mol. The molecule has 0 heterocycles. The Kier molecular flexibility index (Phi) is 6.92. The van der Waals surface area contributed by atoms with Crippen LogP contribution in [0.4, 0.5) is 0 Å². The number of carbonyl (C=O) groups excluding carboxylic acids is 1. The molecule has 0 fully saturated rings. The lowest BCUT2D eigenvalue weighted by Gasteiger charge is -2.11. The highest BCUT2D eigenvalue weighted by Crippen LogP contribution is 2.16. The second-order valence-electron chi connectivity index (χ2n) is 4.21. The van der Waals surface area contributed by atoms with Gasteiger partial charge in [0.25, 0.3) is 5.91 Å². The van der Waals surface area contributed by atoms with Crippen LogP contribution in [0.25, 0.3) is 0 Å². The number of hydrogen-bond donors (Lipinski definition) is 2. The van der Waals surface area contributed by atoms with Gasteiger partial charge in [0.15, 0.2) is 6.61 Å². The molecule has 1 aromatic rings. The van der Waals surface area contributed by atoms with Gasteiger partial charge >= 0.3 is 0 Å². The van der Waals surface area contributed by atoms with Crippen molar-refractivity contribution in [3.05, 3.63) is 29.8 Å². The summed E-state index contributed by atoms with van der Waals surface area (Å²) in [6.07, 6.45) is 0. The number of benzene rings is 1. The SMILES string of the molecule is CNC(C)c1ccc(OCC(=O)NCCOC)cc1. The van der Waals surface area contributed by atoms with Crippen LogP contribution < -0.4 is 15.4 Å². The van der Waals surface area contributed by atoms with Crippen LogP contribution >= 0.6 is 0 Å². The first-order valence-corrected chi connectivity index (χ1v) is 6.33. The molecule has 0 aliphatic heterocycles. The van der Waals surface area contributed by atoms with Crippen LogP contribution in [0, 0.1) is 0 Å². The summed E-state index contributed by atoms with van der Waals surface area (Å²) in [6, 6.07) is 8.00. The molecule has 1 aromatic carbocycles. The molecular formula is C14H22N2O3. The van der Waals surface area contributed by atoms with Crippen LogP contribution in [0.2, 0.25) is 0 Å². The van der Waals surface area contributed by atoms with E-state index in [9.17, 15) is 4.79 Å². The van der Waals surface area contributed by atoms with Crippen LogP contribution in [-0.4, -0.2) is 39.8 Å². The number of carbonyl (C=O) groups is 1. The molecule has 19 heavy (non-hydrogen) atoms. The van der Waals surface area contributed by atoms with E-state index in [4.69, 9.17) is 9.47 Å². The van der Waals surface area contributed by atoms with Gasteiger partial charge in [0, 0.05) is 19.7 Å². The summed E-state index contributed by atoms with van der Waals surface area (Å²) < 4.78 is 10.2. The summed E-state index contributed by atoms with van der Waals surface area (Å²) in [5.74, 6) is 0.540. The highest BCUT2D eigenvalue weighted by atomic mass is 16.5. The number of hydrogen-bond acceptors (Lipinski definition) is 4. The zero-order chi connectivity index (χ0) is 14.1. The molecule has 5 heteroatoms. The lowest BCUT2D eigenvalue weighted by molar-refractivity contribution is -0.123. The smallest absolute Gasteiger partial charge is 0.258 e. The Morgan fingerprint density at radius 3 is 2.58 bits per heavy atom. The van der Waals surface area contributed by atoms with Crippen LogP contribution in [0.3, 0.4) is 0 Å². The fourth-order valence-corrected chi connectivity index (χ4v) is 1.51. The molecule has 1 rings (SSSR count). The average Bonchev–Trinajstić information content (AvgIpc) is 2.45. The van der Waals surface area contributed by atoms with Gasteiger partial charge in [-0.3, -0.25) is 4.79 Å².